The van der Waals surface area contributed by atoms with Crippen LogP contribution in [-0.2, 0) is 13.8 Å². The summed E-state index contributed by atoms with van der Waals surface area (Å²) in [5, 5.41) is 13.9. The van der Waals surface area contributed by atoms with E-state index in [2.05, 4.69) is 37.4 Å². The summed E-state index contributed by atoms with van der Waals surface area (Å²) in [4.78, 5) is 30.7. The maximum Gasteiger partial charge on any atom is 0.469 e. The van der Waals surface area contributed by atoms with Gasteiger partial charge in [0.15, 0.2) is 11.9 Å². The molecule has 0 amide bonds. The summed E-state index contributed by atoms with van der Waals surface area (Å²) in [6.07, 6.45) is 3.27. The minimum atomic E-state index is -4.62. The molecule has 30 heavy (non-hydrogen) atoms. The van der Waals surface area contributed by atoms with Crippen molar-refractivity contribution >= 4 is 37.6 Å². The molecule has 6 N–H and O–H groups in total. The molecule has 168 valence electrons. The number of ether oxygens (including phenoxy) is 1. The normalized spacial score (nSPS) is 22.1. The van der Waals surface area contributed by atoms with Gasteiger partial charge in [-0.25, -0.2) is 14.5 Å². The first-order valence-electron chi connectivity index (χ1n) is 9.69. The Morgan fingerprint density at radius 3 is 2.83 bits per heavy atom. The van der Waals surface area contributed by atoms with E-state index in [1.54, 1.807) is 4.57 Å². The van der Waals surface area contributed by atoms with Gasteiger partial charge in [-0.2, -0.15) is 4.98 Å². The number of phosphoric ester groups is 1. The fraction of sp³-hybridized carbons (Fsp3) is 0.688. The second-order valence-electron chi connectivity index (χ2n) is 7.06. The van der Waals surface area contributed by atoms with Crippen LogP contribution in [0.1, 0.15) is 38.3 Å². The third-order valence-electron chi connectivity index (χ3n) is 4.69. The molecule has 0 radical (unpaired) electrons. The monoisotopic (exact) mass is 462 g/mol. The number of thiol groups is 1. The summed E-state index contributed by atoms with van der Waals surface area (Å²) in [6.45, 7) is 1.05. The Morgan fingerprint density at radius 2 is 2.10 bits per heavy atom. The van der Waals surface area contributed by atoms with E-state index in [0.29, 0.717) is 35.2 Å². The van der Waals surface area contributed by atoms with Crippen LogP contribution in [0, 0.1) is 0 Å². The lowest BCUT2D eigenvalue weighted by Gasteiger charge is -2.17. The van der Waals surface area contributed by atoms with Gasteiger partial charge in [0.2, 0.25) is 5.95 Å². The van der Waals surface area contributed by atoms with Gasteiger partial charge >= 0.3 is 7.82 Å². The molecule has 1 aliphatic heterocycles. The van der Waals surface area contributed by atoms with Gasteiger partial charge in [0.1, 0.15) is 16.6 Å². The standard InChI is InChI=1S/C16H27N6O6PS/c17-5-3-1-2-4-6-18-16-20-13-12(14(30)21-16)19-9-22(13)15-11(23)7-10(28-15)8-27-29(24,25)26/h9-11,15,23H,1-8,17H2,(H2,24,25,26)(H2,18,20,21,30)/t10-,11?,15+/m0/s1. The SMILES string of the molecule is NCCCCCCNc1nc(S)c2ncn([C@@H]3O[C@H](COP(=O)(O)O)CC3O)c2n1. The van der Waals surface area contributed by atoms with Gasteiger partial charge in [-0.15, -0.1) is 12.6 Å². The summed E-state index contributed by atoms with van der Waals surface area (Å²) >= 11 is 4.38. The zero-order valence-electron chi connectivity index (χ0n) is 16.3. The molecular weight excluding hydrogens is 435 g/mol. The number of fused-ring (bicyclic) bond motifs is 1. The molecule has 0 spiro atoms. The smallest absolute Gasteiger partial charge is 0.388 e. The largest absolute Gasteiger partial charge is 0.469 e. The van der Waals surface area contributed by atoms with Crippen LogP contribution in [0.4, 0.5) is 5.95 Å². The van der Waals surface area contributed by atoms with Crippen molar-refractivity contribution in [3.8, 4) is 0 Å². The van der Waals surface area contributed by atoms with E-state index in [0.717, 1.165) is 25.7 Å². The molecule has 0 aromatic carbocycles. The topological polar surface area (TPSA) is 178 Å². The van der Waals surface area contributed by atoms with Crippen molar-refractivity contribution in [2.45, 2.75) is 55.6 Å². The van der Waals surface area contributed by atoms with Crippen LogP contribution in [0.5, 0.6) is 0 Å². The molecule has 14 heteroatoms. The number of rotatable bonds is 11. The van der Waals surface area contributed by atoms with Crippen molar-refractivity contribution in [3.63, 3.8) is 0 Å². The lowest BCUT2D eigenvalue weighted by atomic mass is 10.2. The number of unbranched alkanes of at least 4 members (excludes halogenated alkanes) is 3. The molecule has 0 bridgehead atoms. The summed E-state index contributed by atoms with van der Waals surface area (Å²) in [6, 6.07) is 0. The number of anilines is 1. The van der Waals surface area contributed by atoms with Gasteiger partial charge in [0.05, 0.1) is 19.0 Å². The predicted molar refractivity (Wildman–Crippen MR) is 111 cm³/mol. The minimum absolute atomic E-state index is 0.150. The molecule has 2 aromatic rings. The van der Waals surface area contributed by atoms with Gasteiger partial charge in [-0.1, -0.05) is 12.8 Å². The van der Waals surface area contributed by atoms with Gasteiger partial charge in [-0.3, -0.25) is 9.09 Å². The summed E-state index contributed by atoms with van der Waals surface area (Å²) in [5.74, 6) is 0.391. The highest BCUT2D eigenvalue weighted by molar-refractivity contribution is 7.80. The van der Waals surface area contributed by atoms with E-state index >= 15 is 0 Å². The van der Waals surface area contributed by atoms with Crippen molar-refractivity contribution in [2.75, 3.05) is 25.0 Å². The summed E-state index contributed by atoms with van der Waals surface area (Å²) in [7, 11) is -4.62. The van der Waals surface area contributed by atoms with Gasteiger partial charge < -0.3 is 30.7 Å². The Kier molecular flexibility index (Phi) is 8.04. The van der Waals surface area contributed by atoms with Gasteiger partial charge in [0.25, 0.3) is 0 Å². The highest BCUT2D eigenvalue weighted by Crippen LogP contribution is 2.38. The third kappa shape index (κ3) is 6.11. The Morgan fingerprint density at radius 1 is 1.33 bits per heavy atom. The van der Waals surface area contributed by atoms with Crippen molar-refractivity contribution in [1.82, 2.24) is 19.5 Å². The highest BCUT2D eigenvalue weighted by atomic mass is 32.1. The average molecular weight is 462 g/mol. The van der Waals surface area contributed by atoms with E-state index in [1.807, 2.05) is 0 Å². The summed E-state index contributed by atoms with van der Waals surface area (Å²) < 4.78 is 22.7. The number of hydrogen-bond donors (Lipinski definition) is 6. The van der Waals surface area contributed by atoms with Crippen molar-refractivity contribution in [2.24, 2.45) is 5.73 Å². The van der Waals surface area contributed by atoms with Crippen molar-refractivity contribution < 1.29 is 28.7 Å². The molecule has 3 atom stereocenters. The molecule has 3 rings (SSSR count). The number of aliphatic hydroxyl groups is 1. The van der Waals surface area contributed by atoms with Crippen LogP contribution in [-0.4, -0.2) is 66.3 Å². The number of aliphatic hydroxyl groups excluding tert-OH is 1. The minimum Gasteiger partial charge on any atom is -0.388 e. The van der Waals surface area contributed by atoms with Gasteiger partial charge in [-0.05, 0) is 19.4 Å². The number of hydrogen-bond acceptors (Lipinski definition) is 10. The summed E-state index contributed by atoms with van der Waals surface area (Å²) in [5.41, 5.74) is 6.38. The van der Waals surface area contributed by atoms with E-state index < -0.39 is 26.3 Å². The van der Waals surface area contributed by atoms with Crippen LogP contribution in [0.2, 0.25) is 0 Å². The fourth-order valence-electron chi connectivity index (χ4n) is 3.26. The second kappa shape index (κ2) is 10.3. The van der Waals surface area contributed by atoms with E-state index in [1.165, 1.54) is 6.33 Å². The molecule has 0 aliphatic carbocycles. The van der Waals surface area contributed by atoms with Crippen molar-refractivity contribution in [3.05, 3.63) is 6.33 Å². The number of nitrogens with one attached hydrogen (secondary N) is 1. The zero-order valence-corrected chi connectivity index (χ0v) is 18.1. The molecular formula is C16H27N6O6PS. The number of phosphoric acid groups is 1. The Labute approximate surface area is 178 Å². The Hall–Kier alpha value is -1.31. The van der Waals surface area contributed by atoms with E-state index in [-0.39, 0.29) is 13.0 Å². The Balaban J connectivity index is 1.69. The highest BCUT2D eigenvalue weighted by Gasteiger charge is 2.37. The second-order valence-corrected chi connectivity index (χ2v) is 8.73. The fourth-order valence-corrected chi connectivity index (χ4v) is 3.87. The predicted octanol–water partition coefficient (Wildman–Crippen LogP) is 0.804. The molecule has 1 aliphatic rings. The zero-order chi connectivity index (χ0) is 21.7. The maximum atomic E-state index is 10.9. The maximum absolute atomic E-state index is 10.9. The number of nitrogens with zero attached hydrogens (tertiary/aromatic N) is 4. The van der Waals surface area contributed by atoms with Crippen LogP contribution < -0.4 is 11.1 Å². The van der Waals surface area contributed by atoms with E-state index in [9.17, 15) is 9.67 Å². The quantitative estimate of drug-likeness (QED) is 0.120. The molecule has 3 heterocycles. The molecule has 1 unspecified atom stereocenters. The van der Waals surface area contributed by atoms with E-state index in [4.69, 9.17) is 20.3 Å². The lowest BCUT2D eigenvalue weighted by Crippen LogP contribution is -2.19. The molecule has 1 fully saturated rings. The Bertz CT molecular complexity index is 894. The first-order valence-corrected chi connectivity index (χ1v) is 11.7. The number of nitrogens with two attached hydrogens (primary N) is 1. The lowest BCUT2D eigenvalue weighted by molar-refractivity contribution is -0.0481. The molecule has 1 saturated heterocycles. The van der Waals surface area contributed by atoms with Crippen LogP contribution in [0.25, 0.3) is 11.2 Å². The first kappa shape index (κ1) is 23.4. The van der Waals surface area contributed by atoms with Crippen molar-refractivity contribution in [1.29, 1.82) is 0 Å². The third-order valence-corrected chi connectivity index (χ3v) is 5.48. The van der Waals surface area contributed by atoms with Crippen LogP contribution in [0.15, 0.2) is 11.4 Å². The molecule has 2 aromatic heterocycles. The van der Waals surface area contributed by atoms with Crippen LogP contribution in [0.3, 0.4) is 0 Å². The number of aromatic nitrogens is 4. The molecule has 0 saturated carbocycles. The van der Waals surface area contributed by atoms with Crippen LogP contribution >= 0.6 is 20.5 Å². The molecule has 12 nitrogen and oxygen atoms in total. The number of imidazole rings is 1. The average Bonchev–Trinajstić information content (AvgIpc) is 3.25. The van der Waals surface area contributed by atoms with Gasteiger partial charge in [0, 0.05) is 13.0 Å². The first-order chi connectivity index (χ1) is 14.3.